The van der Waals surface area contributed by atoms with Crippen LogP contribution >= 0.6 is 0 Å². The van der Waals surface area contributed by atoms with E-state index in [1.807, 2.05) is 0 Å². The SMILES string of the molecule is CB1N(c2ccccc2)[SiH]N(c2ncn[nH]2)B(C)N1C(C)C. The number of aromatic nitrogens is 3. The number of rotatable bonds is 3. The average molecular weight is 311 g/mol. The summed E-state index contributed by atoms with van der Waals surface area (Å²) in [6, 6.07) is 11.1. The Morgan fingerprint density at radius 3 is 2.36 bits per heavy atom. The molecule has 3 rings (SSSR count). The summed E-state index contributed by atoms with van der Waals surface area (Å²) in [6.45, 7) is 9.66. The highest BCUT2D eigenvalue weighted by Gasteiger charge is 2.43. The molecule has 1 aromatic carbocycles. The molecule has 1 aliphatic rings. The molecule has 0 saturated carbocycles. The Bertz CT molecular complexity index is 596. The lowest BCUT2D eigenvalue weighted by Crippen LogP contribution is -2.73. The van der Waals surface area contributed by atoms with Gasteiger partial charge in [-0.05, 0) is 18.2 Å². The fourth-order valence-electron chi connectivity index (χ4n) is 3.23. The van der Waals surface area contributed by atoms with E-state index in [1.54, 1.807) is 6.33 Å². The highest BCUT2D eigenvalue weighted by Crippen LogP contribution is 2.25. The van der Waals surface area contributed by atoms with Gasteiger partial charge in [-0.3, -0.25) is 0 Å². The Balaban J connectivity index is 1.97. The first-order valence-electron chi connectivity index (χ1n) is 7.69. The highest BCUT2D eigenvalue weighted by molar-refractivity contribution is 6.92. The number of benzene rings is 1. The molecule has 2 aromatic rings. The van der Waals surface area contributed by atoms with Crippen molar-refractivity contribution in [3.05, 3.63) is 36.7 Å². The maximum absolute atomic E-state index is 4.36. The first-order chi connectivity index (χ1) is 10.6. The summed E-state index contributed by atoms with van der Waals surface area (Å²) in [4.78, 5) is 4.36. The summed E-state index contributed by atoms with van der Waals surface area (Å²) < 4.78 is 7.31. The zero-order chi connectivity index (χ0) is 15.7. The van der Waals surface area contributed by atoms with Crippen LogP contribution in [0.5, 0.6) is 0 Å². The molecular formula is C13H21B2N6Si. The standard InChI is InChI=1S/C13H21B2N6Si/c1-11(2)19-14(3)20(12-8-6-5-7-9-12)22-21(15(19)4)13-16-10-17-18-13/h5-11,22H,1-4H3,(H,16,17,18). The van der Waals surface area contributed by atoms with Crippen LogP contribution in [0.15, 0.2) is 36.7 Å². The summed E-state index contributed by atoms with van der Waals surface area (Å²) >= 11 is 0. The van der Waals surface area contributed by atoms with Gasteiger partial charge in [0.1, 0.15) is 6.33 Å². The highest BCUT2D eigenvalue weighted by atomic mass is 28.2. The molecule has 1 radical (unpaired) electrons. The van der Waals surface area contributed by atoms with Gasteiger partial charge in [0.15, 0.2) is 0 Å². The lowest BCUT2D eigenvalue weighted by Gasteiger charge is -2.50. The van der Waals surface area contributed by atoms with E-state index in [0.717, 1.165) is 5.95 Å². The van der Waals surface area contributed by atoms with Crippen molar-refractivity contribution in [1.82, 2.24) is 19.9 Å². The van der Waals surface area contributed by atoms with Crippen LogP contribution in [0.1, 0.15) is 13.8 Å². The molecule has 6 nitrogen and oxygen atoms in total. The fraction of sp³-hybridized carbons (Fsp3) is 0.385. The summed E-state index contributed by atoms with van der Waals surface area (Å²) in [5.74, 6) is 0.848. The molecule has 0 bridgehead atoms. The number of anilines is 2. The van der Waals surface area contributed by atoms with Crippen molar-refractivity contribution in [3.8, 4) is 0 Å². The summed E-state index contributed by atoms with van der Waals surface area (Å²) in [5, 5.41) is 7.03. The summed E-state index contributed by atoms with van der Waals surface area (Å²) in [6.07, 6.45) is 1.58. The van der Waals surface area contributed by atoms with E-state index in [0.29, 0.717) is 13.0 Å². The van der Waals surface area contributed by atoms with E-state index in [-0.39, 0.29) is 16.8 Å². The van der Waals surface area contributed by atoms with E-state index in [4.69, 9.17) is 0 Å². The van der Waals surface area contributed by atoms with Gasteiger partial charge in [0.2, 0.25) is 5.95 Å². The van der Waals surface area contributed by atoms with E-state index < -0.39 is 0 Å². The normalized spacial score (nSPS) is 16.8. The maximum atomic E-state index is 4.36. The minimum absolute atomic E-state index is 0.106. The van der Waals surface area contributed by atoms with Crippen LogP contribution < -0.4 is 8.95 Å². The molecule has 2 heterocycles. The number of H-pyrrole nitrogens is 1. The van der Waals surface area contributed by atoms with Crippen molar-refractivity contribution in [3.63, 3.8) is 0 Å². The smallest absolute Gasteiger partial charge is 0.324 e. The average Bonchev–Trinajstić information content (AvgIpc) is 3.02. The minimum atomic E-state index is -0.106. The van der Waals surface area contributed by atoms with Crippen LogP contribution in [0.2, 0.25) is 13.6 Å². The number of nitrogens with one attached hydrogen (secondary N) is 1. The van der Waals surface area contributed by atoms with Gasteiger partial charge < -0.3 is 13.7 Å². The first kappa shape index (κ1) is 15.2. The summed E-state index contributed by atoms with van der Waals surface area (Å²) in [5.41, 5.74) is 1.26. The Morgan fingerprint density at radius 2 is 1.77 bits per heavy atom. The number of para-hydroxylation sites is 1. The minimum Gasteiger partial charge on any atom is -0.416 e. The molecule has 1 N–H and O–H groups in total. The first-order valence-corrected chi connectivity index (χ1v) is 8.72. The Kier molecular flexibility index (Phi) is 4.26. The monoisotopic (exact) mass is 311 g/mol. The van der Waals surface area contributed by atoms with Crippen molar-refractivity contribution < 1.29 is 0 Å². The molecule has 113 valence electrons. The molecule has 0 atom stereocenters. The fourth-order valence-corrected chi connectivity index (χ4v) is 4.73. The third kappa shape index (κ3) is 2.66. The van der Waals surface area contributed by atoms with Gasteiger partial charge in [0.25, 0.3) is 9.84 Å². The molecule has 1 saturated heterocycles. The lowest BCUT2D eigenvalue weighted by atomic mass is 9.60. The molecule has 1 aromatic heterocycles. The molecule has 0 amide bonds. The second-order valence-corrected chi connectivity index (χ2v) is 7.22. The molecule has 0 aliphatic carbocycles. The van der Waals surface area contributed by atoms with Crippen LogP contribution in [0.25, 0.3) is 0 Å². The van der Waals surface area contributed by atoms with Crippen molar-refractivity contribution in [2.75, 3.05) is 8.95 Å². The van der Waals surface area contributed by atoms with Crippen molar-refractivity contribution in [2.24, 2.45) is 0 Å². The van der Waals surface area contributed by atoms with Crippen LogP contribution in [-0.4, -0.2) is 49.8 Å². The topological polar surface area (TPSA) is 51.3 Å². The third-order valence-corrected chi connectivity index (χ3v) is 6.12. The zero-order valence-corrected chi connectivity index (χ0v) is 14.7. The van der Waals surface area contributed by atoms with E-state index in [9.17, 15) is 0 Å². The van der Waals surface area contributed by atoms with Gasteiger partial charge in [0.05, 0.1) is 0 Å². The molecule has 9 heteroatoms. The molecule has 1 aliphatic heterocycles. The van der Waals surface area contributed by atoms with E-state index in [1.165, 1.54) is 5.69 Å². The Labute approximate surface area is 135 Å². The van der Waals surface area contributed by atoms with Crippen molar-refractivity contribution >= 4 is 35.4 Å². The molecule has 0 unspecified atom stereocenters. The van der Waals surface area contributed by atoms with Gasteiger partial charge in [-0.2, -0.15) is 5.10 Å². The quantitative estimate of drug-likeness (QED) is 0.867. The van der Waals surface area contributed by atoms with Crippen LogP contribution in [0.4, 0.5) is 11.6 Å². The predicted octanol–water partition coefficient (Wildman–Crippen LogP) is 1.34. The number of hydrogen-bond donors (Lipinski definition) is 1. The number of hydrogen-bond acceptors (Lipinski definition) is 5. The zero-order valence-electron chi connectivity index (χ0n) is 13.5. The van der Waals surface area contributed by atoms with Gasteiger partial charge >= 0.3 is 14.0 Å². The van der Waals surface area contributed by atoms with Gasteiger partial charge in [-0.15, -0.1) is 0 Å². The summed E-state index contributed by atoms with van der Waals surface area (Å²) in [7, 11) is -0.106. The predicted molar refractivity (Wildman–Crippen MR) is 95.1 cm³/mol. The molecule has 0 spiro atoms. The van der Waals surface area contributed by atoms with Gasteiger partial charge in [-0.1, -0.05) is 45.7 Å². The van der Waals surface area contributed by atoms with Gasteiger partial charge in [-0.25, -0.2) is 10.1 Å². The second kappa shape index (κ2) is 6.17. The van der Waals surface area contributed by atoms with Crippen LogP contribution in [0, 0.1) is 0 Å². The lowest BCUT2D eigenvalue weighted by molar-refractivity contribution is 0.523. The van der Waals surface area contributed by atoms with Crippen molar-refractivity contribution in [2.45, 2.75) is 33.5 Å². The van der Waals surface area contributed by atoms with E-state index in [2.05, 4.69) is 86.7 Å². The second-order valence-electron chi connectivity index (χ2n) is 5.88. The van der Waals surface area contributed by atoms with Crippen LogP contribution in [0.3, 0.4) is 0 Å². The molecule has 1 fully saturated rings. The Morgan fingerprint density at radius 1 is 1.09 bits per heavy atom. The largest absolute Gasteiger partial charge is 0.416 e. The van der Waals surface area contributed by atoms with Crippen molar-refractivity contribution in [1.29, 1.82) is 0 Å². The molecule has 22 heavy (non-hydrogen) atoms. The third-order valence-electron chi connectivity index (χ3n) is 4.21. The van der Waals surface area contributed by atoms with E-state index >= 15 is 0 Å². The Hall–Kier alpha value is -1.73. The van der Waals surface area contributed by atoms with Gasteiger partial charge in [0, 0.05) is 5.69 Å². The maximum Gasteiger partial charge on any atom is 0.324 e. The number of aromatic amines is 1. The molecular weight excluding hydrogens is 290 g/mol. The van der Waals surface area contributed by atoms with Crippen LogP contribution in [-0.2, 0) is 0 Å². The number of nitrogens with zero attached hydrogens (tertiary/aromatic N) is 5.